The van der Waals surface area contributed by atoms with Crippen molar-refractivity contribution < 1.29 is 0 Å². The summed E-state index contributed by atoms with van der Waals surface area (Å²) in [5, 5.41) is 4.72. The van der Waals surface area contributed by atoms with Gasteiger partial charge in [-0.05, 0) is 63.4 Å². The lowest BCUT2D eigenvalue weighted by Gasteiger charge is -2.13. The van der Waals surface area contributed by atoms with Crippen molar-refractivity contribution in [2.75, 3.05) is 0 Å². The zero-order valence-corrected chi connectivity index (χ0v) is 26.0. The highest BCUT2D eigenvalue weighted by molar-refractivity contribution is 6.15. The summed E-state index contributed by atoms with van der Waals surface area (Å²) >= 11 is 0. The van der Waals surface area contributed by atoms with Crippen molar-refractivity contribution >= 4 is 32.6 Å². The van der Waals surface area contributed by atoms with Gasteiger partial charge >= 0.3 is 0 Å². The van der Waals surface area contributed by atoms with Gasteiger partial charge in [-0.3, -0.25) is 0 Å². The minimum Gasteiger partial charge on any atom is -0.248 e. The summed E-state index contributed by atoms with van der Waals surface area (Å²) in [4.78, 5) is 19.8. The van der Waals surface area contributed by atoms with E-state index in [9.17, 15) is 0 Å². The van der Waals surface area contributed by atoms with E-state index >= 15 is 0 Å². The van der Waals surface area contributed by atoms with E-state index in [1.165, 1.54) is 16.2 Å². The monoisotopic (exact) mass is 612 g/mol. The van der Waals surface area contributed by atoms with Crippen LogP contribution in [0.3, 0.4) is 0 Å². The summed E-state index contributed by atoms with van der Waals surface area (Å²) in [5.41, 5.74) is 9.34. The lowest BCUT2D eigenvalue weighted by molar-refractivity contribution is 1.07. The molecule has 4 nitrogen and oxygen atoms in total. The Morgan fingerprint density at radius 1 is 0.271 bits per heavy atom. The van der Waals surface area contributed by atoms with Crippen LogP contribution in [0, 0.1) is 0 Å². The van der Waals surface area contributed by atoms with Crippen LogP contribution in [0.15, 0.2) is 170 Å². The Bertz CT molecular complexity index is 2560. The van der Waals surface area contributed by atoms with Gasteiger partial charge in [0, 0.05) is 27.5 Å². The van der Waals surface area contributed by atoms with Gasteiger partial charge in [-0.25, -0.2) is 19.9 Å². The molecule has 0 fully saturated rings. The van der Waals surface area contributed by atoms with Crippen molar-refractivity contribution in [1.29, 1.82) is 0 Å². The fraction of sp³-hybridized carbons (Fsp3) is 0. The van der Waals surface area contributed by atoms with Crippen molar-refractivity contribution in [3.63, 3.8) is 0 Å². The maximum absolute atomic E-state index is 5.08. The number of nitrogens with zero attached hydrogens (tertiary/aromatic N) is 4. The molecule has 0 amide bonds. The molecule has 9 rings (SSSR count). The summed E-state index contributed by atoms with van der Waals surface area (Å²) in [6, 6.07) is 58.8. The zero-order chi connectivity index (χ0) is 31.9. The van der Waals surface area contributed by atoms with Crippen LogP contribution in [-0.4, -0.2) is 19.9 Å². The molecule has 0 radical (unpaired) electrons. The third-order valence-corrected chi connectivity index (χ3v) is 8.87. The van der Waals surface area contributed by atoms with Gasteiger partial charge in [0.25, 0.3) is 0 Å². The van der Waals surface area contributed by atoms with E-state index < -0.39 is 0 Å². The highest BCUT2D eigenvalue weighted by Gasteiger charge is 2.14. The van der Waals surface area contributed by atoms with Crippen LogP contribution in [0.1, 0.15) is 0 Å². The lowest BCUT2D eigenvalue weighted by atomic mass is 9.92. The summed E-state index contributed by atoms with van der Waals surface area (Å²) in [6.45, 7) is 0. The summed E-state index contributed by atoms with van der Waals surface area (Å²) in [6.07, 6.45) is 0. The van der Waals surface area contributed by atoms with E-state index in [-0.39, 0.29) is 0 Å². The molecule has 2 heterocycles. The molecule has 0 atom stereocenters. The van der Waals surface area contributed by atoms with Crippen LogP contribution in [0.5, 0.6) is 0 Å². The highest BCUT2D eigenvalue weighted by Crippen LogP contribution is 2.37. The first-order valence-corrected chi connectivity index (χ1v) is 16.1. The van der Waals surface area contributed by atoms with E-state index in [0.29, 0.717) is 17.5 Å². The van der Waals surface area contributed by atoms with E-state index in [1.807, 2.05) is 66.7 Å². The molecule has 224 valence electrons. The molecule has 2 aromatic heterocycles. The molecule has 0 saturated heterocycles. The number of para-hydroxylation sites is 1. The molecule has 4 heteroatoms. The quantitative estimate of drug-likeness (QED) is 0.143. The molecule has 9 aromatic rings. The molecule has 7 aromatic carbocycles. The molecule has 0 spiro atoms. The number of hydrogen-bond donors (Lipinski definition) is 0. The number of benzene rings is 7. The first kappa shape index (κ1) is 27.8. The minimum atomic E-state index is 0.638. The van der Waals surface area contributed by atoms with Crippen LogP contribution in [-0.2, 0) is 0 Å². The Balaban J connectivity index is 1.16. The second kappa shape index (κ2) is 11.7. The van der Waals surface area contributed by atoms with Gasteiger partial charge in [0.15, 0.2) is 17.5 Å². The highest BCUT2D eigenvalue weighted by atomic mass is 15.0. The average molecular weight is 613 g/mol. The lowest BCUT2D eigenvalue weighted by Crippen LogP contribution is -2.00. The minimum absolute atomic E-state index is 0.638. The van der Waals surface area contributed by atoms with Gasteiger partial charge in [0.05, 0.1) is 11.0 Å². The topological polar surface area (TPSA) is 51.6 Å². The Morgan fingerprint density at radius 3 is 1.46 bits per heavy atom. The number of hydrogen-bond acceptors (Lipinski definition) is 4. The second-order valence-electron chi connectivity index (χ2n) is 11.9. The predicted octanol–water partition coefficient (Wildman–Crippen LogP) is 11.1. The van der Waals surface area contributed by atoms with Gasteiger partial charge < -0.3 is 0 Å². The molecule has 0 N–H and O–H groups in total. The third kappa shape index (κ3) is 5.06. The Kier molecular flexibility index (Phi) is 6.76. The van der Waals surface area contributed by atoms with Gasteiger partial charge in [-0.2, -0.15) is 0 Å². The normalized spacial score (nSPS) is 11.3. The maximum Gasteiger partial charge on any atom is 0.164 e. The van der Waals surface area contributed by atoms with E-state index in [1.54, 1.807) is 0 Å². The Labute approximate surface area is 278 Å². The molecule has 0 aliphatic rings. The first-order chi connectivity index (χ1) is 23.8. The van der Waals surface area contributed by atoms with E-state index in [2.05, 4.69) is 103 Å². The SMILES string of the molecule is c1ccc(-c2nc(-c3ccccc3)nc(-c3cccc(-c4cccc(-c5cc6nc7ccccc7cc6c6ccccc56)c4)c3)n2)cc1. The van der Waals surface area contributed by atoms with E-state index in [4.69, 9.17) is 19.9 Å². The fourth-order valence-corrected chi connectivity index (χ4v) is 6.50. The van der Waals surface area contributed by atoms with Crippen LogP contribution >= 0.6 is 0 Å². The third-order valence-electron chi connectivity index (χ3n) is 8.87. The smallest absolute Gasteiger partial charge is 0.164 e. The van der Waals surface area contributed by atoms with Crippen LogP contribution in [0.4, 0.5) is 0 Å². The standard InChI is InChI=1S/C44H28N4/c1-3-13-29(14-4-1)42-46-43(30-15-5-2-6-16-30)48-44(47-42)35-21-12-19-32(26-35)31-18-11-20-33(25-31)38-28-41-39(37-23-9-8-22-36(37)38)27-34-17-7-10-24-40(34)45-41/h1-28H. The predicted molar refractivity (Wildman–Crippen MR) is 197 cm³/mol. The Morgan fingerprint density at radius 2 is 0.771 bits per heavy atom. The number of pyridine rings is 1. The molecule has 0 aliphatic heterocycles. The van der Waals surface area contributed by atoms with Crippen LogP contribution in [0.2, 0.25) is 0 Å². The molecular weight excluding hydrogens is 585 g/mol. The summed E-state index contributed by atoms with van der Waals surface area (Å²) in [5.74, 6) is 1.94. The average Bonchev–Trinajstić information content (AvgIpc) is 3.17. The van der Waals surface area contributed by atoms with Gasteiger partial charge in [-0.1, -0.05) is 140 Å². The van der Waals surface area contributed by atoms with Crippen molar-refractivity contribution in [2.45, 2.75) is 0 Å². The first-order valence-electron chi connectivity index (χ1n) is 16.1. The summed E-state index contributed by atoms with van der Waals surface area (Å²) < 4.78 is 0. The largest absolute Gasteiger partial charge is 0.248 e. The second-order valence-corrected chi connectivity index (χ2v) is 11.9. The molecule has 48 heavy (non-hydrogen) atoms. The van der Waals surface area contributed by atoms with Crippen molar-refractivity contribution in [3.05, 3.63) is 170 Å². The van der Waals surface area contributed by atoms with Crippen molar-refractivity contribution in [3.8, 4) is 56.4 Å². The van der Waals surface area contributed by atoms with E-state index in [0.717, 1.165) is 55.4 Å². The molecule has 0 aliphatic carbocycles. The Hall–Kier alpha value is -6.52. The molecule has 0 bridgehead atoms. The number of fused-ring (bicyclic) bond motifs is 4. The van der Waals surface area contributed by atoms with Crippen molar-refractivity contribution in [1.82, 2.24) is 19.9 Å². The molecular formula is C44H28N4. The van der Waals surface area contributed by atoms with Gasteiger partial charge in [-0.15, -0.1) is 0 Å². The fourth-order valence-electron chi connectivity index (χ4n) is 6.50. The molecule has 0 unspecified atom stereocenters. The maximum atomic E-state index is 5.08. The van der Waals surface area contributed by atoms with Crippen LogP contribution in [0.25, 0.3) is 89.0 Å². The molecule has 0 saturated carbocycles. The van der Waals surface area contributed by atoms with Crippen LogP contribution < -0.4 is 0 Å². The van der Waals surface area contributed by atoms with Gasteiger partial charge in [0.1, 0.15) is 0 Å². The summed E-state index contributed by atoms with van der Waals surface area (Å²) in [7, 11) is 0. The number of aromatic nitrogens is 4. The van der Waals surface area contributed by atoms with Crippen molar-refractivity contribution in [2.24, 2.45) is 0 Å². The number of rotatable bonds is 5. The van der Waals surface area contributed by atoms with Gasteiger partial charge in [0.2, 0.25) is 0 Å². The zero-order valence-electron chi connectivity index (χ0n) is 26.0.